The Bertz CT molecular complexity index is 1560. The average molecular weight is 589 g/mol. The highest BCUT2D eigenvalue weighted by Gasteiger charge is 2.42. The molecule has 1 saturated carbocycles. The largest absolute Gasteiger partial charge is 0.365 e. The molecule has 226 valence electrons. The summed E-state index contributed by atoms with van der Waals surface area (Å²) in [5.41, 5.74) is 5.59. The van der Waals surface area contributed by atoms with Crippen molar-refractivity contribution in [2.24, 2.45) is 15.9 Å². The lowest BCUT2D eigenvalue weighted by atomic mass is 9.82. The van der Waals surface area contributed by atoms with Crippen LogP contribution in [0.1, 0.15) is 87.9 Å². The van der Waals surface area contributed by atoms with Crippen LogP contribution in [-0.2, 0) is 0 Å². The fourth-order valence-corrected chi connectivity index (χ4v) is 7.52. The normalized spacial score (nSPS) is 31.8. The van der Waals surface area contributed by atoms with Crippen LogP contribution in [0, 0.1) is 17.6 Å². The molecule has 6 unspecified atom stereocenters. The van der Waals surface area contributed by atoms with Crippen LogP contribution in [0.25, 0.3) is 6.08 Å². The van der Waals surface area contributed by atoms with Crippen molar-refractivity contribution >= 4 is 18.1 Å². The third-order valence-electron chi connectivity index (χ3n) is 9.82. The first-order valence-electron chi connectivity index (χ1n) is 15.6. The van der Waals surface area contributed by atoms with Crippen LogP contribution in [0.2, 0.25) is 0 Å². The summed E-state index contributed by atoms with van der Waals surface area (Å²) in [5.74, 6) is -1.72. The van der Waals surface area contributed by atoms with Gasteiger partial charge in [-0.15, -0.1) is 0 Å². The lowest BCUT2D eigenvalue weighted by Crippen LogP contribution is -2.47. The number of aliphatic imine (C=N–C) groups is 2. The Morgan fingerprint density at radius 1 is 1.02 bits per heavy atom. The van der Waals surface area contributed by atoms with E-state index in [1.807, 2.05) is 26.1 Å². The smallest absolute Gasteiger partial charge is 0.184 e. The summed E-state index contributed by atoms with van der Waals surface area (Å²) in [6.07, 6.45) is 14.1. The van der Waals surface area contributed by atoms with E-state index in [-0.39, 0.29) is 53.7 Å². The Morgan fingerprint density at radius 2 is 1.84 bits per heavy atom. The first-order valence-corrected chi connectivity index (χ1v) is 15.6. The Balaban J connectivity index is 1.19. The molecule has 43 heavy (non-hydrogen) atoms. The van der Waals surface area contributed by atoms with E-state index >= 15 is 13.2 Å². The molecule has 8 rings (SSSR count). The molecule has 0 aromatic heterocycles. The van der Waals surface area contributed by atoms with Crippen molar-refractivity contribution < 1.29 is 13.2 Å². The minimum absolute atomic E-state index is 0.164. The molecule has 5 heterocycles. The molecule has 1 saturated heterocycles. The van der Waals surface area contributed by atoms with Crippen LogP contribution in [0.15, 0.2) is 68.2 Å². The Kier molecular flexibility index (Phi) is 7.42. The zero-order valence-electron chi connectivity index (χ0n) is 24.9. The molecule has 7 aliphatic rings. The van der Waals surface area contributed by atoms with Gasteiger partial charge >= 0.3 is 0 Å². The van der Waals surface area contributed by atoms with Gasteiger partial charge in [-0.2, -0.15) is 0 Å². The van der Waals surface area contributed by atoms with Crippen molar-refractivity contribution in [3.8, 4) is 0 Å². The van der Waals surface area contributed by atoms with Crippen molar-refractivity contribution in [2.45, 2.75) is 89.6 Å². The monoisotopic (exact) mass is 588 g/mol. The Labute approximate surface area is 251 Å². The summed E-state index contributed by atoms with van der Waals surface area (Å²) in [5, 5.41) is 13.3. The molecule has 1 aromatic carbocycles. The zero-order chi connectivity index (χ0) is 29.8. The number of amidine groups is 1. The highest BCUT2D eigenvalue weighted by molar-refractivity contribution is 5.98. The summed E-state index contributed by atoms with van der Waals surface area (Å²) < 4.78 is 48.2. The quantitative estimate of drug-likeness (QED) is 0.332. The number of halogens is 3. The molecule has 1 aromatic rings. The van der Waals surface area contributed by atoms with Gasteiger partial charge in [0.2, 0.25) is 0 Å². The summed E-state index contributed by atoms with van der Waals surface area (Å²) in [6, 6.07) is 1.37. The molecule has 2 aliphatic carbocycles. The zero-order valence-corrected chi connectivity index (χ0v) is 24.9. The number of rotatable bonds is 4. The molecular formula is C34H39F3N6. The van der Waals surface area contributed by atoms with Gasteiger partial charge in [0, 0.05) is 47.5 Å². The van der Waals surface area contributed by atoms with Crippen LogP contribution in [0.5, 0.6) is 0 Å². The van der Waals surface area contributed by atoms with Crippen molar-refractivity contribution in [3.05, 3.63) is 86.6 Å². The van der Waals surface area contributed by atoms with Crippen molar-refractivity contribution in [1.82, 2.24) is 21.3 Å². The number of hydrogen-bond acceptors (Lipinski definition) is 6. The third kappa shape index (κ3) is 5.10. The maximum Gasteiger partial charge on any atom is 0.184 e. The van der Waals surface area contributed by atoms with Gasteiger partial charge in [-0.3, -0.25) is 10.3 Å². The fraction of sp³-hybridized carbons (Fsp3) is 0.471. The Morgan fingerprint density at radius 3 is 2.63 bits per heavy atom. The predicted octanol–water partition coefficient (Wildman–Crippen LogP) is 6.34. The number of nitrogens with zero attached hydrogens (tertiary/aromatic N) is 2. The average Bonchev–Trinajstić information content (AvgIpc) is 3.22. The van der Waals surface area contributed by atoms with E-state index < -0.39 is 5.83 Å². The summed E-state index contributed by atoms with van der Waals surface area (Å²) >= 11 is 0. The molecule has 0 radical (unpaired) electrons. The molecule has 4 N–H and O–H groups in total. The summed E-state index contributed by atoms with van der Waals surface area (Å²) in [6.45, 7) is 6.51. The molecule has 0 amide bonds. The molecule has 6 nitrogen and oxygen atoms in total. The van der Waals surface area contributed by atoms with E-state index in [4.69, 9.17) is 0 Å². The first kappa shape index (κ1) is 28.3. The van der Waals surface area contributed by atoms with Crippen molar-refractivity contribution in [1.29, 1.82) is 0 Å². The maximum absolute atomic E-state index is 16.4. The van der Waals surface area contributed by atoms with Gasteiger partial charge < -0.3 is 16.0 Å². The molecule has 6 atom stereocenters. The summed E-state index contributed by atoms with van der Waals surface area (Å²) in [4.78, 5) is 9.16. The van der Waals surface area contributed by atoms with E-state index in [2.05, 4.69) is 50.3 Å². The maximum atomic E-state index is 16.4. The second-order valence-corrected chi connectivity index (χ2v) is 12.6. The minimum atomic E-state index is -0.466. The second kappa shape index (κ2) is 11.2. The van der Waals surface area contributed by atoms with Gasteiger partial charge in [0.05, 0.1) is 17.6 Å². The topological polar surface area (TPSA) is 72.8 Å². The van der Waals surface area contributed by atoms with Gasteiger partial charge in [0.25, 0.3) is 0 Å². The second-order valence-electron chi connectivity index (χ2n) is 12.6. The van der Waals surface area contributed by atoms with Crippen LogP contribution < -0.4 is 21.3 Å². The minimum Gasteiger partial charge on any atom is -0.365 e. The van der Waals surface area contributed by atoms with Gasteiger partial charge in [-0.05, 0) is 82.1 Å². The van der Waals surface area contributed by atoms with Crippen molar-refractivity contribution in [3.63, 3.8) is 0 Å². The summed E-state index contributed by atoms with van der Waals surface area (Å²) in [7, 11) is 0. The first-order chi connectivity index (χ1) is 20.8. The van der Waals surface area contributed by atoms with E-state index in [0.717, 1.165) is 48.1 Å². The van der Waals surface area contributed by atoms with Gasteiger partial charge in [0.15, 0.2) is 11.7 Å². The SMILES string of the molecule is CC1=CCNC(NC2=NC(C)NC(C3CCCC3c3cc(F)c4c(c3F)C=C(C)C3CC4N3)=C2F)C=C1C1=CCCC=N1. The molecular weight excluding hydrogens is 549 g/mol. The van der Waals surface area contributed by atoms with Crippen LogP contribution in [0.3, 0.4) is 0 Å². The number of nitrogens with one attached hydrogen (secondary N) is 4. The van der Waals surface area contributed by atoms with E-state index in [9.17, 15) is 0 Å². The van der Waals surface area contributed by atoms with Gasteiger partial charge in [-0.25, -0.2) is 18.2 Å². The molecule has 5 aliphatic heterocycles. The van der Waals surface area contributed by atoms with Crippen LogP contribution >= 0.6 is 0 Å². The molecule has 9 heteroatoms. The lowest BCUT2D eigenvalue weighted by molar-refractivity contribution is 0.298. The highest BCUT2D eigenvalue weighted by Crippen LogP contribution is 2.48. The van der Waals surface area contributed by atoms with E-state index in [0.29, 0.717) is 41.8 Å². The van der Waals surface area contributed by atoms with Gasteiger partial charge in [0.1, 0.15) is 17.8 Å². The number of hydrogen-bond donors (Lipinski definition) is 4. The van der Waals surface area contributed by atoms with Crippen LogP contribution in [0.4, 0.5) is 13.2 Å². The third-order valence-corrected chi connectivity index (χ3v) is 9.82. The van der Waals surface area contributed by atoms with E-state index in [1.165, 1.54) is 6.07 Å². The van der Waals surface area contributed by atoms with Crippen molar-refractivity contribution in [2.75, 3.05) is 6.54 Å². The molecule has 2 bridgehead atoms. The van der Waals surface area contributed by atoms with E-state index in [1.54, 1.807) is 6.08 Å². The van der Waals surface area contributed by atoms with Gasteiger partial charge in [-0.1, -0.05) is 30.2 Å². The van der Waals surface area contributed by atoms with Crippen LogP contribution in [-0.4, -0.2) is 37.0 Å². The number of benzene rings is 1. The fourth-order valence-electron chi connectivity index (χ4n) is 7.52. The highest BCUT2D eigenvalue weighted by atomic mass is 19.1. The predicted molar refractivity (Wildman–Crippen MR) is 165 cm³/mol. The lowest BCUT2D eigenvalue weighted by Gasteiger charge is -2.37. The molecule has 2 fully saturated rings. The molecule has 0 spiro atoms. The Hall–Kier alpha value is -3.43. The standard InChI is InChI=1S/C34H39F3N6/c1-17-10-12-39-29(15-22(17)26-9-4-5-11-38-26)43-34-32(37)33(40-19(3)41-34)21-8-6-7-20(21)23-14-25(35)30-24(31(23)36)13-18(2)27-16-28(30)42-27/h9-11,13-15,19-21,27-29,39-40,42H,4-8,12,16H2,1-3H3,(H,41,43). The number of allylic oxidation sites excluding steroid dienone is 3.